The van der Waals surface area contributed by atoms with Crippen LogP contribution in [0.1, 0.15) is 58.8 Å². The van der Waals surface area contributed by atoms with Crippen molar-refractivity contribution in [2.24, 2.45) is 5.92 Å². The lowest BCUT2D eigenvalue weighted by atomic mass is 9.93. The highest BCUT2D eigenvalue weighted by molar-refractivity contribution is 5.69. The van der Waals surface area contributed by atoms with Gasteiger partial charge in [-0.15, -0.1) is 0 Å². The minimum Gasteiger partial charge on any atom is -0.481 e. The second-order valence-electron chi connectivity index (χ2n) is 5.38. The summed E-state index contributed by atoms with van der Waals surface area (Å²) in [5.41, 5.74) is 0. The van der Waals surface area contributed by atoms with E-state index in [0.717, 1.165) is 13.1 Å². The number of rotatable bonds is 7. The summed E-state index contributed by atoms with van der Waals surface area (Å²) in [4.78, 5) is 13.4. The van der Waals surface area contributed by atoms with E-state index >= 15 is 0 Å². The third-order valence-electron chi connectivity index (χ3n) is 3.82. The summed E-state index contributed by atoms with van der Waals surface area (Å²) in [6, 6.07) is 0.636. The molecule has 0 aromatic carbocycles. The fraction of sp³-hybridized carbons (Fsp3) is 0.929. The Balaban J connectivity index is 2.48. The van der Waals surface area contributed by atoms with E-state index in [1.54, 1.807) is 0 Å². The van der Waals surface area contributed by atoms with Crippen molar-refractivity contribution >= 4 is 5.97 Å². The molecule has 1 N–H and O–H groups in total. The van der Waals surface area contributed by atoms with Crippen LogP contribution >= 0.6 is 0 Å². The van der Waals surface area contributed by atoms with E-state index in [-0.39, 0.29) is 5.92 Å². The molecule has 0 aliphatic heterocycles. The fourth-order valence-electron chi connectivity index (χ4n) is 2.66. The molecule has 1 unspecified atom stereocenters. The Morgan fingerprint density at radius 3 is 2.53 bits per heavy atom. The monoisotopic (exact) mass is 241 g/mol. The molecule has 1 saturated carbocycles. The highest BCUT2D eigenvalue weighted by atomic mass is 16.4. The van der Waals surface area contributed by atoms with E-state index in [1.807, 2.05) is 6.92 Å². The summed E-state index contributed by atoms with van der Waals surface area (Å²) in [5.74, 6) is -0.906. The van der Waals surface area contributed by atoms with Crippen molar-refractivity contribution in [3.8, 4) is 0 Å². The third-order valence-corrected chi connectivity index (χ3v) is 3.82. The predicted molar refractivity (Wildman–Crippen MR) is 70.2 cm³/mol. The summed E-state index contributed by atoms with van der Waals surface area (Å²) in [6.45, 7) is 5.81. The maximum atomic E-state index is 11.0. The molecule has 1 aliphatic rings. The van der Waals surface area contributed by atoms with Gasteiger partial charge in [0, 0.05) is 12.6 Å². The summed E-state index contributed by atoms with van der Waals surface area (Å²) < 4.78 is 0. The Morgan fingerprint density at radius 1 is 1.35 bits per heavy atom. The van der Waals surface area contributed by atoms with Gasteiger partial charge in [0.2, 0.25) is 0 Å². The first-order chi connectivity index (χ1) is 8.15. The summed E-state index contributed by atoms with van der Waals surface area (Å²) in [6.07, 6.45) is 8.87. The Labute approximate surface area is 105 Å². The fourth-order valence-corrected chi connectivity index (χ4v) is 2.66. The van der Waals surface area contributed by atoms with Crippen molar-refractivity contribution in [2.45, 2.75) is 64.8 Å². The molecule has 3 heteroatoms. The topological polar surface area (TPSA) is 40.5 Å². The molecule has 0 bridgehead atoms. The summed E-state index contributed by atoms with van der Waals surface area (Å²) >= 11 is 0. The molecule has 0 heterocycles. The molecule has 0 aromatic rings. The molecule has 0 aromatic heterocycles. The quantitative estimate of drug-likeness (QED) is 0.744. The SMILES string of the molecule is CCCCN(CC(C)C(=O)O)C1CCCCC1. The number of unbranched alkanes of at least 4 members (excludes halogenated alkanes) is 1. The Bertz CT molecular complexity index is 224. The molecule has 1 aliphatic carbocycles. The molecule has 17 heavy (non-hydrogen) atoms. The van der Waals surface area contributed by atoms with Crippen molar-refractivity contribution in [1.82, 2.24) is 4.90 Å². The molecule has 3 nitrogen and oxygen atoms in total. The van der Waals surface area contributed by atoms with Crippen molar-refractivity contribution in [3.63, 3.8) is 0 Å². The predicted octanol–water partition coefficient (Wildman–Crippen LogP) is 3.14. The van der Waals surface area contributed by atoms with Crippen molar-refractivity contribution in [3.05, 3.63) is 0 Å². The maximum Gasteiger partial charge on any atom is 0.307 e. The zero-order chi connectivity index (χ0) is 12.7. The smallest absolute Gasteiger partial charge is 0.307 e. The second-order valence-corrected chi connectivity index (χ2v) is 5.38. The van der Waals surface area contributed by atoms with Crippen molar-refractivity contribution in [2.75, 3.05) is 13.1 Å². The van der Waals surface area contributed by atoms with Gasteiger partial charge in [0.05, 0.1) is 5.92 Å². The highest BCUT2D eigenvalue weighted by Crippen LogP contribution is 2.23. The number of aliphatic carboxylic acids is 1. The van der Waals surface area contributed by atoms with Gasteiger partial charge in [-0.2, -0.15) is 0 Å². The number of hydrogen-bond donors (Lipinski definition) is 1. The van der Waals surface area contributed by atoms with Crippen LogP contribution in [-0.4, -0.2) is 35.1 Å². The number of hydrogen-bond acceptors (Lipinski definition) is 2. The zero-order valence-corrected chi connectivity index (χ0v) is 11.3. The van der Waals surface area contributed by atoms with Crippen LogP contribution in [0.4, 0.5) is 0 Å². The van der Waals surface area contributed by atoms with E-state index in [2.05, 4.69) is 11.8 Å². The number of carboxylic acids is 1. The van der Waals surface area contributed by atoms with E-state index in [9.17, 15) is 4.79 Å². The van der Waals surface area contributed by atoms with E-state index in [1.165, 1.54) is 44.9 Å². The standard InChI is InChI=1S/C14H27NO2/c1-3-4-10-15(11-12(2)14(16)17)13-8-6-5-7-9-13/h12-13H,3-11H2,1-2H3,(H,16,17). The average molecular weight is 241 g/mol. The lowest BCUT2D eigenvalue weighted by Crippen LogP contribution is -2.41. The van der Waals surface area contributed by atoms with Gasteiger partial charge in [-0.25, -0.2) is 0 Å². The van der Waals surface area contributed by atoms with Gasteiger partial charge in [-0.05, 0) is 25.8 Å². The molecule has 0 radical (unpaired) electrons. The van der Waals surface area contributed by atoms with Gasteiger partial charge >= 0.3 is 5.97 Å². The van der Waals surface area contributed by atoms with Crippen LogP contribution in [0.5, 0.6) is 0 Å². The van der Waals surface area contributed by atoms with Crippen molar-refractivity contribution < 1.29 is 9.90 Å². The first-order valence-electron chi connectivity index (χ1n) is 7.12. The summed E-state index contributed by atoms with van der Waals surface area (Å²) in [7, 11) is 0. The molecule has 100 valence electrons. The van der Waals surface area contributed by atoms with Crippen LogP contribution in [-0.2, 0) is 4.79 Å². The molecular weight excluding hydrogens is 214 g/mol. The normalized spacial score (nSPS) is 19.5. The Hall–Kier alpha value is -0.570. The number of carboxylic acid groups (broad SMARTS) is 1. The van der Waals surface area contributed by atoms with Crippen LogP contribution < -0.4 is 0 Å². The number of carbonyl (C=O) groups is 1. The lowest BCUT2D eigenvalue weighted by molar-refractivity contribution is -0.142. The average Bonchev–Trinajstić information content (AvgIpc) is 2.35. The minimum atomic E-state index is -0.665. The first kappa shape index (κ1) is 14.5. The van der Waals surface area contributed by atoms with Gasteiger partial charge in [0.15, 0.2) is 0 Å². The van der Waals surface area contributed by atoms with Crippen LogP contribution in [0.25, 0.3) is 0 Å². The van der Waals surface area contributed by atoms with Crippen LogP contribution in [0, 0.1) is 5.92 Å². The van der Waals surface area contributed by atoms with Crippen LogP contribution in [0.3, 0.4) is 0 Å². The van der Waals surface area contributed by atoms with Crippen LogP contribution in [0.2, 0.25) is 0 Å². The summed E-state index contributed by atoms with van der Waals surface area (Å²) in [5, 5.41) is 9.03. The Morgan fingerprint density at radius 2 is 2.00 bits per heavy atom. The Kier molecular flexibility index (Phi) is 6.56. The van der Waals surface area contributed by atoms with Gasteiger partial charge < -0.3 is 5.11 Å². The van der Waals surface area contributed by atoms with Gasteiger partial charge in [-0.1, -0.05) is 39.5 Å². The first-order valence-corrected chi connectivity index (χ1v) is 7.12. The largest absolute Gasteiger partial charge is 0.481 e. The van der Waals surface area contributed by atoms with E-state index < -0.39 is 5.97 Å². The minimum absolute atomic E-state index is 0.242. The second kappa shape index (κ2) is 7.70. The third kappa shape index (κ3) is 5.07. The lowest BCUT2D eigenvalue weighted by Gasteiger charge is -2.35. The molecule has 0 spiro atoms. The van der Waals surface area contributed by atoms with E-state index in [0.29, 0.717) is 6.04 Å². The maximum absolute atomic E-state index is 11.0. The zero-order valence-electron chi connectivity index (χ0n) is 11.3. The molecule has 1 atom stereocenters. The number of nitrogens with zero attached hydrogens (tertiary/aromatic N) is 1. The van der Waals surface area contributed by atoms with Crippen LogP contribution in [0.15, 0.2) is 0 Å². The van der Waals surface area contributed by atoms with E-state index in [4.69, 9.17) is 5.11 Å². The van der Waals surface area contributed by atoms with Crippen molar-refractivity contribution in [1.29, 1.82) is 0 Å². The molecular formula is C14H27NO2. The van der Waals surface area contributed by atoms with Gasteiger partial charge in [0.1, 0.15) is 0 Å². The highest BCUT2D eigenvalue weighted by Gasteiger charge is 2.24. The molecule has 0 amide bonds. The van der Waals surface area contributed by atoms with Gasteiger partial charge in [-0.3, -0.25) is 9.69 Å². The molecule has 1 fully saturated rings. The molecule has 1 rings (SSSR count). The van der Waals surface area contributed by atoms with Gasteiger partial charge in [0.25, 0.3) is 0 Å². The molecule has 0 saturated heterocycles.